The minimum Gasteiger partial charge on any atom is -0.459 e. The normalized spacial score (nSPS) is 11.3. The third kappa shape index (κ3) is 3.51. The maximum Gasteiger partial charge on any atom is 0.394 e. The molecule has 1 heterocycles. The molecule has 0 aliphatic heterocycles. The van der Waals surface area contributed by atoms with Gasteiger partial charge in [-0.2, -0.15) is 0 Å². The van der Waals surface area contributed by atoms with Crippen LogP contribution in [0.3, 0.4) is 0 Å². The lowest BCUT2D eigenvalue weighted by molar-refractivity contribution is 0.0482. The fourth-order valence-electron chi connectivity index (χ4n) is 2.48. The Bertz CT molecular complexity index is 1040. The van der Waals surface area contributed by atoms with E-state index < -0.39 is 16.0 Å². The van der Waals surface area contributed by atoms with E-state index in [1.807, 2.05) is 6.07 Å². The van der Waals surface area contributed by atoms with Gasteiger partial charge in [0.1, 0.15) is 5.69 Å². The number of rotatable bonds is 5. The molecule has 134 valence electrons. The average Bonchev–Trinajstić information content (AvgIpc) is 3.07. The molecule has 0 atom stereocenters. The number of benzene rings is 2. The van der Waals surface area contributed by atoms with E-state index >= 15 is 0 Å². The highest BCUT2D eigenvalue weighted by molar-refractivity contribution is 7.89. The van der Waals surface area contributed by atoms with Crippen LogP contribution in [0.5, 0.6) is 0 Å². The van der Waals surface area contributed by atoms with E-state index in [9.17, 15) is 13.2 Å². The summed E-state index contributed by atoms with van der Waals surface area (Å²) in [5.41, 5.74) is 1.08. The first-order chi connectivity index (χ1) is 12.4. The molecule has 0 spiro atoms. The molecule has 0 aliphatic carbocycles. The Morgan fingerprint density at radius 3 is 2.42 bits per heavy atom. The molecule has 7 nitrogen and oxygen atoms in total. The third-order valence-corrected chi connectivity index (χ3v) is 4.53. The fourth-order valence-corrected chi connectivity index (χ4v) is 3.22. The smallest absolute Gasteiger partial charge is 0.394 e. The lowest BCUT2D eigenvalue weighted by atomic mass is 10.1. The van der Waals surface area contributed by atoms with Gasteiger partial charge in [0.25, 0.3) is 0 Å². The van der Waals surface area contributed by atoms with Crippen molar-refractivity contribution >= 4 is 16.0 Å². The molecule has 0 fully saturated rings. The minimum absolute atomic E-state index is 0.110. The number of primary sulfonamides is 1. The minimum atomic E-state index is -4.00. The molecule has 2 aromatic carbocycles. The number of hydrogen-bond donors (Lipinski definition) is 1. The zero-order chi connectivity index (χ0) is 18.7. The first kappa shape index (κ1) is 17.8. The molecule has 0 bridgehead atoms. The van der Waals surface area contributed by atoms with Gasteiger partial charge in [-0.25, -0.2) is 23.3 Å². The SMILES string of the molecule is CCOC(=O)c1nc(-c2ccccc2S(N)(=O)=O)c(-c2ccccc2)o1. The monoisotopic (exact) mass is 372 g/mol. The number of esters is 1. The van der Waals surface area contributed by atoms with Crippen molar-refractivity contribution in [1.82, 2.24) is 4.98 Å². The lowest BCUT2D eigenvalue weighted by Crippen LogP contribution is -2.13. The molecule has 8 heteroatoms. The van der Waals surface area contributed by atoms with Gasteiger partial charge in [-0.15, -0.1) is 0 Å². The van der Waals surface area contributed by atoms with Gasteiger partial charge in [0.05, 0.1) is 11.5 Å². The molecule has 0 saturated heterocycles. The lowest BCUT2D eigenvalue weighted by Gasteiger charge is -2.06. The van der Waals surface area contributed by atoms with Crippen molar-refractivity contribution in [2.75, 3.05) is 6.61 Å². The van der Waals surface area contributed by atoms with Gasteiger partial charge in [0, 0.05) is 11.1 Å². The number of carbonyl (C=O) groups is 1. The summed E-state index contributed by atoms with van der Waals surface area (Å²) in [6.45, 7) is 1.82. The standard InChI is InChI=1S/C18H16N2O5S/c1-2-24-18(21)17-20-15(16(25-17)12-8-4-3-5-9-12)13-10-6-7-11-14(13)26(19,22)23/h3-11H,2H2,1H3,(H2,19,22,23). The molecule has 3 rings (SSSR count). The van der Waals surface area contributed by atoms with Crippen LogP contribution in [0.1, 0.15) is 17.6 Å². The van der Waals surface area contributed by atoms with Gasteiger partial charge in [-0.1, -0.05) is 48.5 Å². The summed E-state index contributed by atoms with van der Waals surface area (Å²) < 4.78 is 34.4. The van der Waals surface area contributed by atoms with Crippen molar-refractivity contribution in [1.29, 1.82) is 0 Å². The summed E-state index contributed by atoms with van der Waals surface area (Å²) in [6, 6.07) is 15.1. The molecule has 2 N–H and O–H groups in total. The summed E-state index contributed by atoms with van der Waals surface area (Å²) >= 11 is 0. The molecule has 0 radical (unpaired) electrons. The molecule has 3 aromatic rings. The number of carbonyl (C=O) groups excluding carboxylic acids is 1. The Morgan fingerprint density at radius 2 is 1.77 bits per heavy atom. The van der Waals surface area contributed by atoms with Crippen molar-refractivity contribution in [3.8, 4) is 22.6 Å². The van der Waals surface area contributed by atoms with Crippen LogP contribution in [0.2, 0.25) is 0 Å². The molecule has 0 amide bonds. The number of nitrogens with two attached hydrogens (primary N) is 1. The Kier molecular flexibility index (Phi) is 4.88. The van der Waals surface area contributed by atoms with Gasteiger partial charge >= 0.3 is 11.9 Å². The molecule has 0 aliphatic rings. The number of nitrogens with zero attached hydrogens (tertiary/aromatic N) is 1. The zero-order valence-electron chi connectivity index (χ0n) is 13.9. The summed E-state index contributed by atoms with van der Waals surface area (Å²) in [7, 11) is -4.00. The Morgan fingerprint density at radius 1 is 1.12 bits per heavy atom. The largest absolute Gasteiger partial charge is 0.459 e. The summed E-state index contributed by atoms with van der Waals surface area (Å²) in [5, 5.41) is 5.32. The van der Waals surface area contributed by atoms with Crippen LogP contribution in [-0.4, -0.2) is 26.0 Å². The second kappa shape index (κ2) is 7.11. The van der Waals surface area contributed by atoms with E-state index in [1.165, 1.54) is 6.07 Å². The summed E-state index contributed by atoms with van der Waals surface area (Å²) in [6.07, 6.45) is 0. The van der Waals surface area contributed by atoms with Crippen LogP contribution in [0, 0.1) is 0 Å². The highest BCUT2D eigenvalue weighted by atomic mass is 32.2. The number of oxazole rings is 1. The zero-order valence-corrected chi connectivity index (χ0v) is 14.7. The molecular formula is C18H16N2O5S. The van der Waals surface area contributed by atoms with Crippen LogP contribution in [-0.2, 0) is 14.8 Å². The van der Waals surface area contributed by atoms with Crippen molar-refractivity contribution in [3.63, 3.8) is 0 Å². The van der Waals surface area contributed by atoms with Crippen LogP contribution in [0.25, 0.3) is 22.6 Å². The average molecular weight is 372 g/mol. The Labute approximate surface area is 150 Å². The maximum atomic E-state index is 12.0. The van der Waals surface area contributed by atoms with Gasteiger partial charge in [0.15, 0.2) is 5.76 Å². The van der Waals surface area contributed by atoms with E-state index in [0.29, 0.717) is 5.56 Å². The van der Waals surface area contributed by atoms with Crippen molar-refractivity contribution in [2.45, 2.75) is 11.8 Å². The van der Waals surface area contributed by atoms with Crippen LogP contribution < -0.4 is 5.14 Å². The van der Waals surface area contributed by atoms with Crippen LogP contribution in [0.4, 0.5) is 0 Å². The Hall–Kier alpha value is -2.97. The van der Waals surface area contributed by atoms with E-state index in [0.717, 1.165) is 0 Å². The highest BCUT2D eigenvalue weighted by Gasteiger charge is 2.25. The van der Waals surface area contributed by atoms with E-state index in [2.05, 4.69) is 4.98 Å². The number of aromatic nitrogens is 1. The topological polar surface area (TPSA) is 112 Å². The van der Waals surface area contributed by atoms with Gasteiger partial charge < -0.3 is 9.15 Å². The van der Waals surface area contributed by atoms with E-state index in [-0.39, 0.29) is 34.4 Å². The molecule has 26 heavy (non-hydrogen) atoms. The molecular weight excluding hydrogens is 356 g/mol. The van der Waals surface area contributed by atoms with Gasteiger partial charge in [-0.3, -0.25) is 0 Å². The number of hydrogen-bond acceptors (Lipinski definition) is 6. The number of ether oxygens (including phenoxy) is 1. The molecule has 0 unspecified atom stereocenters. The molecule has 1 aromatic heterocycles. The first-order valence-corrected chi connectivity index (χ1v) is 9.32. The van der Waals surface area contributed by atoms with Gasteiger partial charge in [-0.05, 0) is 13.0 Å². The second-order valence-electron chi connectivity index (χ2n) is 5.32. The highest BCUT2D eigenvalue weighted by Crippen LogP contribution is 2.35. The van der Waals surface area contributed by atoms with E-state index in [4.69, 9.17) is 14.3 Å². The first-order valence-electron chi connectivity index (χ1n) is 7.77. The van der Waals surface area contributed by atoms with Crippen LogP contribution >= 0.6 is 0 Å². The second-order valence-corrected chi connectivity index (χ2v) is 6.85. The van der Waals surface area contributed by atoms with Crippen molar-refractivity contribution < 1.29 is 22.4 Å². The maximum absolute atomic E-state index is 12.0. The quantitative estimate of drug-likeness (QED) is 0.689. The van der Waals surface area contributed by atoms with Crippen LogP contribution in [0.15, 0.2) is 63.9 Å². The number of sulfonamides is 1. The van der Waals surface area contributed by atoms with Crippen molar-refractivity contribution in [3.05, 3.63) is 60.5 Å². The molecule has 0 saturated carbocycles. The van der Waals surface area contributed by atoms with Crippen molar-refractivity contribution in [2.24, 2.45) is 5.14 Å². The summed E-state index contributed by atoms with van der Waals surface area (Å²) in [4.78, 5) is 16.1. The third-order valence-electron chi connectivity index (χ3n) is 3.56. The Balaban J connectivity index is 2.26. The predicted molar refractivity (Wildman–Crippen MR) is 94.7 cm³/mol. The fraction of sp³-hybridized carbons (Fsp3) is 0.111. The summed E-state index contributed by atoms with van der Waals surface area (Å²) in [5.74, 6) is -0.737. The van der Waals surface area contributed by atoms with E-state index in [1.54, 1.807) is 49.4 Å². The predicted octanol–water partition coefficient (Wildman–Crippen LogP) is 2.83. The van der Waals surface area contributed by atoms with Gasteiger partial charge in [0.2, 0.25) is 10.0 Å².